The summed E-state index contributed by atoms with van der Waals surface area (Å²) in [5.74, 6) is -0.304. The van der Waals surface area contributed by atoms with Crippen molar-refractivity contribution < 1.29 is 19.1 Å². The lowest BCUT2D eigenvalue weighted by Gasteiger charge is -2.06. The molecule has 6 nitrogen and oxygen atoms in total. The van der Waals surface area contributed by atoms with Crippen molar-refractivity contribution in [1.29, 1.82) is 0 Å². The Hall–Kier alpha value is -2.41. The number of rotatable bonds is 6. The second kappa shape index (κ2) is 7.73. The molecule has 0 aliphatic carbocycles. The minimum atomic E-state index is -0.408. The number of carbonyl (C=O) groups is 2. The van der Waals surface area contributed by atoms with Crippen molar-refractivity contribution >= 4 is 28.3 Å². The van der Waals surface area contributed by atoms with Crippen LogP contribution >= 0.6 is 11.3 Å². The summed E-state index contributed by atoms with van der Waals surface area (Å²) < 4.78 is 9.98. The molecule has 0 bridgehead atoms. The number of nitrogens with one attached hydrogen (secondary N) is 1. The van der Waals surface area contributed by atoms with Crippen LogP contribution in [-0.4, -0.2) is 30.6 Å². The van der Waals surface area contributed by atoms with E-state index in [0.717, 1.165) is 17.0 Å². The van der Waals surface area contributed by atoms with Gasteiger partial charge >= 0.3 is 5.97 Å². The van der Waals surface area contributed by atoms with E-state index in [4.69, 9.17) is 9.47 Å². The molecule has 23 heavy (non-hydrogen) atoms. The van der Waals surface area contributed by atoms with E-state index in [1.807, 2.05) is 29.6 Å². The van der Waals surface area contributed by atoms with Crippen LogP contribution in [0.15, 0.2) is 29.6 Å². The normalized spacial score (nSPS) is 10.4. The minimum Gasteiger partial charge on any atom is -0.497 e. The Labute approximate surface area is 138 Å². The maximum absolute atomic E-state index is 11.7. The van der Waals surface area contributed by atoms with Gasteiger partial charge in [0.15, 0.2) is 11.7 Å². The third-order valence-corrected chi connectivity index (χ3v) is 3.71. The van der Waals surface area contributed by atoms with Crippen molar-refractivity contribution in [2.75, 3.05) is 19.0 Å². The molecular weight excluding hydrogens is 316 g/mol. The highest BCUT2D eigenvalue weighted by molar-refractivity contribution is 7.14. The molecule has 2 aromatic rings. The van der Waals surface area contributed by atoms with Crippen LogP contribution in [0.5, 0.6) is 5.75 Å². The molecule has 0 unspecified atom stereocenters. The molecule has 1 heterocycles. The van der Waals surface area contributed by atoms with Gasteiger partial charge in [0.25, 0.3) is 5.91 Å². The minimum absolute atomic E-state index is 0.260. The quantitative estimate of drug-likeness (QED) is 0.822. The number of thiazole rings is 1. The highest BCUT2D eigenvalue weighted by atomic mass is 32.1. The molecule has 1 amide bonds. The van der Waals surface area contributed by atoms with Crippen molar-refractivity contribution in [2.45, 2.75) is 13.8 Å². The fourth-order valence-electron chi connectivity index (χ4n) is 1.68. The first-order valence-electron chi connectivity index (χ1n) is 7.06. The molecule has 0 fully saturated rings. The zero-order chi connectivity index (χ0) is 16.8. The van der Waals surface area contributed by atoms with Crippen LogP contribution in [0.2, 0.25) is 0 Å². The predicted molar refractivity (Wildman–Crippen MR) is 88.5 cm³/mol. The number of aromatic nitrogens is 1. The van der Waals surface area contributed by atoms with Gasteiger partial charge in [0, 0.05) is 10.9 Å². The summed E-state index contributed by atoms with van der Waals surface area (Å²) in [6.07, 6.45) is 0. The van der Waals surface area contributed by atoms with E-state index in [1.165, 1.54) is 11.3 Å². The number of esters is 1. The van der Waals surface area contributed by atoms with Gasteiger partial charge in [0.2, 0.25) is 0 Å². The van der Waals surface area contributed by atoms with Gasteiger partial charge in [-0.05, 0) is 24.3 Å². The molecular formula is C16H18N2O4S. The SMILES string of the molecule is COc1ccc(-c2csc(NC(=O)COC(=O)C(C)C)n2)cc1. The van der Waals surface area contributed by atoms with Crippen LogP contribution in [-0.2, 0) is 14.3 Å². The van der Waals surface area contributed by atoms with E-state index >= 15 is 0 Å². The van der Waals surface area contributed by atoms with Crippen LogP contribution in [0, 0.1) is 5.92 Å². The largest absolute Gasteiger partial charge is 0.497 e. The smallest absolute Gasteiger partial charge is 0.308 e. The van der Waals surface area contributed by atoms with Gasteiger partial charge in [-0.2, -0.15) is 0 Å². The Kier molecular flexibility index (Phi) is 5.70. The third-order valence-electron chi connectivity index (χ3n) is 2.95. The van der Waals surface area contributed by atoms with Gasteiger partial charge in [-0.1, -0.05) is 13.8 Å². The summed E-state index contributed by atoms with van der Waals surface area (Å²) in [5, 5.41) is 4.92. The number of benzene rings is 1. The van der Waals surface area contributed by atoms with E-state index in [0.29, 0.717) is 5.13 Å². The van der Waals surface area contributed by atoms with Crippen molar-refractivity contribution in [2.24, 2.45) is 5.92 Å². The number of hydrogen-bond donors (Lipinski definition) is 1. The number of amides is 1. The molecule has 1 N–H and O–H groups in total. The lowest BCUT2D eigenvalue weighted by molar-refractivity contribution is -0.150. The predicted octanol–water partition coefficient (Wildman–Crippen LogP) is 2.96. The fourth-order valence-corrected chi connectivity index (χ4v) is 2.42. The maximum atomic E-state index is 11.7. The van der Waals surface area contributed by atoms with Gasteiger partial charge in [0.1, 0.15) is 5.75 Å². The third kappa shape index (κ3) is 4.79. The number of hydrogen-bond acceptors (Lipinski definition) is 6. The average molecular weight is 334 g/mol. The summed E-state index contributed by atoms with van der Waals surface area (Å²) in [7, 11) is 1.61. The van der Waals surface area contributed by atoms with E-state index in [2.05, 4.69) is 10.3 Å². The molecule has 0 aliphatic rings. The topological polar surface area (TPSA) is 77.5 Å². The Balaban J connectivity index is 1.93. The molecule has 0 saturated carbocycles. The molecule has 0 aliphatic heterocycles. The van der Waals surface area contributed by atoms with Crippen molar-refractivity contribution in [3.8, 4) is 17.0 Å². The second-order valence-corrected chi connectivity index (χ2v) is 5.94. The van der Waals surface area contributed by atoms with Crippen molar-refractivity contribution in [3.63, 3.8) is 0 Å². The summed E-state index contributed by atoms with van der Waals surface area (Å²) in [5.41, 5.74) is 1.68. The van der Waals surface area contributed by atoms with Gasteiger partial charge < -0.3 is 9.47 Å². The number of nitrogens with zero attached hydrogens (tertiary/aromatic N) is 1. The van der Waals surface area contributed by atoms with Crippen LogP contribution in [0.25, 0.3) is 11.3 Å². The summed E-state index contributed by atoms with van der Waals surface area (Å²) in [6.45, 7) is 3.11. The summed E-state index contributed by atoms with van der Waals surface area (Å²) >= 11 is 1.31. The number of ether oxygens (including phenoxy) is 2. The van der Waals surface area contributed by atoms with E-state index in [-0.39, 0.29) is 12.5 Å². The molecule has 1 aromatic carbocycles. The fraction of sp³-hybridized carbons (Fsp3) is 0.312. The van der Waals surface area contributed by atoms with E-state index in [1.54, 1.807) is 21.0 Å². The van der Waals surface area contributed by atoms with Gasteiger partial charge in [0.05, 0.1) is 18.7 Å². The molecule has 0 atom stereocenters. The zero-order valence-corrected chi connectivity index (χ0v) is 14.0. The first-order chi connectivity index (χ1) is 11.0. The lowest BCUT2D eigenvalue weighted by Crippen LogP contribution is -2.22. The number of anilines is 1. The summed E-state index contributed by atoms with van der Waals surface area (Å²) in [6, 6.07) is 7.48. The first kappa shape index (κ1) is 17.0. The standard InChI is InChI=1S/C16H18N2O4S/c1-10(2)15(20)22-8-14(19)18-16-17-13(9-23-16)11-4-6-12(21-3)7-5-11/h4-7,9-10H,8H2,1-3H3,(H,17,18,19). The van der Waals surface area contributed by atoms with E-state index in [9.17, 15) is 9.59 Å². The van der Waals surface area contributed by atoms with Crippen molar-refractivity contribution in [3.05, 3.63) is 29.6 Å². The van der Waals surface area contributed by atoms with Crippen LogP contribution < -0.4 is 10.1 Å². The van der Waals surface area contributed by atoms with Crippen LogP contribution in [0.1, 0.15) is 13.8 Å². The van der Waals surface area contributed by atoms with Crippen LogP contribution in [0.3, 0.4) is 0 Å². The second-order valence-electron chi connectivity index (χ2n) is 5.08. The maximum Gasteiger partial charge on any atom is 0.308 e. The first-order valence-corrected chi connectivity index (χ1v) is 7.94. The molecule has 1 aromatic heterocycles. The van der Waals surface area contributed by atoms with Crippen LogP contribution in [0.4, 0.5) is 5.13 Å². The van der Waals surface area contributed by atoms with Gasteiger partial charge in [-0.3, -0.25) is 14.9 Å². The Bertz CT molecular complexity index is 680. The Morgan fingerprint density at radius 2 is 1.96 bits per heavy atom. The number of methoxy groups -OCH3 is 1. The molecule has 7 heteroatoms. The Morgan fingerprint density at radius 3 is 2.57 bits per heavy atom. The molecule has 0 radical (unpaired) electrons. The molecule has 0 spiro atoms. The molecule has 0 saturated heterocycles. The Morgan fingerprint density at radius 1 is 1.26 bits per heavy atom. The molecule has 122 valence electrons. The number of carbonyl (C=O) groups excluding carboxylic acids is 2. The van der Waals surface area contributed by atoms with Gasteiger partial charge in [-0.25, -0.2) is 4.98 Å². The lowest BCUT2D eigenvalue weighted by atomic mass is 10.2. The average Bonchev–Trinajstić information content (AvgIpc) is 3.01. The molecule has 2 rings (SSSR count). The van der Waals surface area contributed by atoms with Gasteiger partial charge in [-0.15, -0.1) is 11.3 Å². The van der Waals surface area contributed by atoms with Crippen molar-refractivity contribution in [1.82, 2.24) is 4.98 Å². The van der Waals surface area contributed by atoms with E-state index < -0.39 is 11.9 Å². The summed E-state index contributed by atoms with van der Waals surface area (Å²) in [4.78, 5) is 27.4. The monoisotopic (exact) mass is 334 g/mol. The highest BCUT2D eigenvalue weighted by Gasteiger charge is 2.13. The highest BCUT2D eigenvalue weighted by Crippen LogP contribution is 2.26. The zero-order valence-electron chi connectivity index (χ0n) is 13.2.